The second-order valence-electron chi connectivity index (χ2n) is 7.79. The summed E-state index contributed by atoms with van der Waals surface area (Å²) in [4.78, 5) is 27.3. The third-order valence-electron chi connectivity index (χ3n) is 5.67. The van der Waals surface area contributed by atoms with E-state index in [0.29, 0.717) is 4.91 Å². The van der Waals surface area contributed by atoms with Crippen molar-refractivity contribution in [3.8, 4) is 5.69 Å². The topological polar surface area (TPSA) is 42.3 Å². The zero-order valence-electron chi connectivity index (χ0n) is 17.9. The van der Waals surface area contributed by atoms with Gasteiger partial charge in [-0.15, -0.1) is 0 Å². The van der Waals surface area contributed by atoms with E-state index in [4.69, 9.17) is 0 Å². The minimum Gasteiger partial charge on any atom is -0.318 e. The molecule has 1 aliphatic rings. The van der Waals surface area contributed by atoms with Gasteiger partial charge in [0.25, 0.3) is 11.1 Å². The summed E-state index contributed by atoms with van der Waals surface area (Å²) in [5.74, 6) is -0.248. The molecule has 31 heavy (non-hydrogen) atoms. The standard InChI is InChI=1S/C25H23BrN2O2S/c1-15-9-10-21(11-16(15)2)28-17(3)12-20(18(28)4)13-23-24(29)27(25(30)31-23)14-19-7-5-6-8-22(19)26/h5-13H,14H2,1-4H3/b23-13-. The van der Waals surface area contributed by atoms with Crippen molar-refractivity contribution >= 4 is 44.9 Å². The fourth-order valence-electron chi connectivity index (χ4n) is 3.77. The van der Waals surface area contributed by atoms with Gasteiger partial charge in [-0.3, -0.25) is 14.5 Å². The van der Waals surface area contributed by atoms with Gasteiger partial charge >= 0.3 is 0 Å². The molecule has 1 fully saturated rings. The van der Waals surface area contributed by atoms with Gasteiger partial charge in [0.05, 0.1) is 11.4 Å². The van der Waals surface area contributed by atoms with Crippen LogP contribution in [0.1, 0.15) is 33.6 Å². The van der Waals surface area contributed by atoms with Gasteiger partial charge in [-0.25, -0.2) is 0 Å². The Morgan fingerprint density at radius 1 is 0.968 bits per heavy atom. The van der Waals surface area contributed by atoms with Crippen LogP contribution in [0.3, 0.4) is 0 Å². The molecule has 0 N–H and O–H groups in total. The molecule has 0 saturated carbocycles. The van der Waals surface area contributed by atoms with Gasteiger partial charge < -0.3 is 4.57 Å². The summed E-state index contributed by atoms with van der Waals surface area (Å²) in [6.45, 7) is 8.56. The number of aromatic nitrogens is 1. The average molecular weight is 495 g/mol. The molecule has 0 spiro atoms. The molecule has 0 aliphatic carbocycles. The number of benzene rings is 2. The van der Waals surface area contributed by atoms with E-state index >= 15 is 0 Å². The number of imide groups is 1. The fourth-order valence-corrected chi connectivity index (χ4v) is 5.01. The van der Waals surface area contributed by atoms with Crippen LogP contribution in [0.25, 0.3) is 11.8 Å². The molecule has 0 bridgehead atoms. The van der Waals surface area contributed by atoms with Crippen LogP contribution in [0.5, 0.6) is 0 Å². The Bertz CT molecular complexity index is 1240. The molecule has 3 aromatic rings. The quantitative estimate of drug-likeness (QED) is 0.378. The molecule has 0 atom stereocenters. The molecule has 1 aliphatic heterocycles. The van der Waals surface area contributed by atoms with Crippen LogP contribution in [-0.2, 0) is 11.3 Å². The van der Waals surface area contributed by atoms with Crippen molar-refractivity contribution in [2.24, 2.45) is 0 Å². The van der Waals surface area contributed by atoms with Crippen LogP contribution in [0, 0.1) is 27.7 Å². The first-order chi connectivity index (χ1) is 14.8. The zero-order valence-corrected chi connectivity index (χ0v) is 20.3. The van der Waals surface area contributed by atoms with Gasteiger partial charge in [0, 0.05) is 21.5 Å². The highest BCUT2D eigenvalue weighted by Gasteiger charge is 2.35. The number of hydrogen-bond donors (Lipinski definition) is 0. The van der Waals surface area contributed by atoms with Crippen LogP contribution in [0.2, 0.25) is 0 Å². The number of nitrogens with zero attached hydrogens (tertiary/aromatic N) is 2. The molecule has 2 amide bonds. The molecular weight excluding hydrogens is 472 g/mol. The smallest absolute Gasteiger partial charge is 0.293 e. The highest BCUT2D eigenvalue weighted by Crippen LogP contribution is 2.35. The lowest BCUT2D eigenvalue weighted by molar-refractivity contribution is -0.123. The van der Waals surface area contributed by atoms with Gasteiger partial charge in [-0.05, 0) is 92.1 Å². The predicted molar refractivity (Wildman–Crippen MR) is 130 cm³/mol. The summed E-state index contributed by atoms with van der Waals surface area (Å²) in [6, 6.07) is 16.1. The van der Waals surface area contributed by atoms with Crippen LogP contribution in [0.15, 0.2) is 57.9 Å². The summed E-state index contributed by atoms with van der Waals surface area (Å²) in [6.07, 6.45) is 1.84. The fraction of sp³-hybridized carbons (Fsp3) is 0.200. The van der Waals surface area contributed by atoms with Crippen molar-refractivity contribution in [2.75, 3.05) is 0 Å². The lowest BCUT2D eigenvalue weighted by Gasteiger charge is -2.13. The molecule has 158 valence electrons. The lowest BCUT2D eigenvalue weighted by Crippen LogP contribution is -2.27. The minimum absolute atomic E-state index is 0.241. The third kappa shape index (κ3) is 4.14. The molecule has 4 rings (SSSR count). The summed E-state index contributed by atoms with van der Waals surface area (Å²) < 4.78 is 3.07. The summed E-state index contributed by atoms with van der Waals surface area (Å²) >= 11 is 4.49. The summed E-state index contributed by atoms with van der Waals surface area (Å²) in [7, 11) is 0. The van der Waals surface area contributed by atoms with Crippen LogP contribution in [-0.4, -0.2) is 20.6 Å². The van der Waals surface area contributed by atoms with E-state index in [2.05, 4.69) is 65.5 Å². The van der Waals surface area contributed by atoms with Crippen molar-refractivity contribution in [1.82, 2.24) is 9.47 Å². The first-order valence-corrected chi connectivity index (χ1v) is 11.6. The van der Waals surface area contributed by atoms with Gasteiger partial charge in [-0.2, -0.15) is 0 Å². The highest BCUT2D eigenvalue weighted by atomic mass is 79.9. The number of hydrogen-bond acceptors (Lipinski definition) is 3. The Balaban J connectivity index is 1.65. The van der Waals surface area contributed by atoms with Crippen LogP contribution in [0.4, 0.5) is 4.79 Å². The monoisotopic (exact) mass is 494 g/mol. The Kier molecular flexibility index (Phi) is 5.95. The van der Waals surface area contributed by atoms with Gasteiger partial charge in [0.15, 0.2) is 0 Å². The molecule has 0 unspecified atom stereocenters. The molecular formula is C25H23BrN2O2S. The van der Waals surface area contributed by atoms with Crippen molar-refractivity contribution in [1.29, 1.82) is 0 Å². The van der Waals surface area contributed by atoms with Gasteiger partial charge in [-0.1, -0.05) is 40.2 Å². The Morgan fingerprint density at radius 3 is 2.42 bits per heavy atom. The Labute approximate surface area is 195 Å². The van der Waals surface area contributed by atoms with Crippen LogP contribution < -0.4 is 0 Å². The molecule has 2 heterocycles. The minimum atomic E-state index is -0.248. The van der Waals surface area contributed by atoms with E-state index in [1.807, 2.05) is 37.3 Å². The SMILES string of the molecule is Cc1ccc(-n2c(C)cc(/C=C3\SC(=O)N(Cc4ccccc4Br)C3=O)c2C)cc1C. The molecule has 6 heteroatoms. The van der Waals surface area contributed by atoms with E-state index in [1.54, 1.807) is 0 Å². The second kappa shape index (κ2) is 8.52. The maximum Gasteiger partial charge on any atom is 0.293 e. The average Bonchev–Trinajstić information content (AvgIpc) is 3.15. The largest absolute Gasteiger partial charge is 0.318 e. The normalized spacial score (nSPS) is 15.4. The van der Waals surface area contributed by atoms with E-state index in [0.717, 1.165) is 44.4 Å². The molecule has 1 aromatic heterocycles. The predicted octanol–water partition coefficient (Wildman–Crippen LogP) is 6.71. The number of carbonyl (C=O) groups is 2. The molecule has 2 aromatic carbocycles. The maximum absolute atomic E-state index is 13.0. The third-order valence-corrected chi connectivity index (χ3v) is 7.35. The van der Waals surface area contributed by atoms with Gasteiger partial charge in [0.1, 0.15) is 0 Å². The van der Waals surface area contributed by atoms with Crippen molar-refractivity contribution < 1.29 is 9.59 Å². The first-order valence-electron chi connectivity index (χ1n) is 10.0. The van der Waals surface area contributed by atoms with Gasteiger partial charge in [0.2, 0.25) is 0 Å². The van der Waals surface area contributed by atoms with E-state index in [9.17, 15) is 9.59 Å². The zero-order chi connectivity index (χ0) is 22.3. The van der Waals surface area contributed by atoms with Crippen molar-refractivity contribution in [3.63, 3.8) is 0 Å². The molecule has 4 nitrogen and oxygen atoms in total. The molecule has 0 radical (unpaired) electrons. The number of amides is 2. The van der Waals surface area contributed by atoms with E-state index in [-0.39, 0.29) is 17.7 Å². The van der Waals surface area contributed by atoms with E-state index < -0.39 is 0 Å². The number of carbonyl (C=O) groups excluding carboxylic acids is 2. The lowest BCUT2D eigenvalue weighted by atomic mass is 10.1. The Hall–Kier alpha value is -2.57. The number of halogens is 1. The number of rotatable bonds is 4. The maximum atomic E-state index is 13.0. The van der Waals surface area contributed by atoms with E-state index in [1.165, 1.54) is 16.0 Å². The van der Waals surface area contributed by atoms with Crippen LogP contribution >= 0.6 is 27.7 Å². The first kappa shape index (κ1) is 21.7. The number of aryl methyl sites for hydroxylation is 3. The number of thioether (sulfide) groups is 1. The van der Waals surface area contributed by atoms with Crippen molar-refractivity contribution in [3.05, 3.63) is 91.6 Å². The Morgan fingerprint density at radius 2 is 1.71 bits per heavy atom. The highest BCUT2D eigenvalue weighted by molar-refractivity contribution is 9.10. The van der Waals surface area contributed by atoms with Crippen molar-refractivity contribution in [2.45, 2.75) is 34.2 Å². The second-order valence-corrected chi connectivity index (χ2v) is 9.64. The summed E-state index contributed by atoms with van der Waals surface area (Å²) in [5, 5.41) is -0.241. The summed E-state index contributed by atoms with van der Waals surface area (Å²) in [5.41, 5.74) is 7.56. The molecule has 1 saturated heterocycles.